The smallest absolute Gasteiger partial charge is 0.250 e. The van der Waals surface area contributed by atoms with Crippen molar-refractivity contribution in [1.29, 1.82) is 0 Å². The monoisotopic (exact) mass is 519 g/mol. The first-order chi connectivity index (χ1) is 18.4. The zero-order chi connectivity index (χ0) is 26.6. The van der Waals surface area contributed by atoms with E-state index in [2.05, 4.69) is 0 Å². The van der Waals surface area contributed by atoms with E-state index in [1.807, 2.05) is 18.2 Å². The van der Waals surface area contributed by atoms with Crippen molar-refractivity contribution in [2.24, 2.45) is 11.7 Å². The number of carbonyl (C=O) groups is 3. The van der Waals surface area contributed by atoms with Crippen LogP contribution < -0.4 is 15.2 Å². The summed E-state index contributed by atoms with van der Waals surface area (Å²) in [6, 6.07) is 10.6. The van der Waals surface area contributed by atoms with Crippen LogP contribution in [0.1, 0.15) is 76.4 Å². The van der Waals surface area contributed by atoms with Crippen molar-refractivity contribution in [3.8, 4) is 11.5 Å². The van der Waals surface area contributed by atoms with Crippen LogP contribution in [-0.2, 0) is 17.9 Å². The second-order valence-corrected chi connectivity index (χ2v) is 10.1. The SMILES string of the molecule is Cc1c(C(N)=O)cc(C(=O)CN(Cc2ccc3c(c2)OCO3)C(=O)CC2CCCCC2)n1Cc1ccco1. The first-order valence-corrected chi connectivity index (χ1v) is 13.1. The highest BCUT2D eigenvalue weighted by atomic mass is 16.7. The number of ketones is 1. The van der Waals surface area contributed by atoms with Crippen LogP contribution in [0.15, 0.2) is 47.1 Å². The quantitative estimate of drug-likeness (QED) is 0.396. The van der Waals surface area contributed by atoms with Crippen LogP contribution in [0, 0.1) is 12.8 Å². The summed E-state index contributed by atoms with van der Waals surface area (Å²) in [5, 5.41) is 0. The van der Waals surface area contributed by atoms with E-state index in [4.69, 9.17) is 19.6 Å². The van der Waals surface area contributed by atoms with Gasteiger partial charge in [0.15, 0.2) is 17.3 Å². The molecule has 9 nitrogen and oxygen atoms in total. The highest BCUT2D eigenvalue weighted by Crippen LogP contribution is 2.33. The van der Waals surface area contributed by atoms with E-state index >= 15 is 0 Å². The number of rotatable bonds is 10. The molecule has 9 heteroatoms. The number of nitrogens with two attached hydrogens (primary N) is 1. The third-order valence-corrected chi connectivity index (χ3v) is 7.50. The molecule has 0 atom stereocenters. The summed E-state index contributed by atoms with van der Waals surface area (Å²) in [5.74, 6) is 1.32. The van der Waals surface area contributed by atoms with Gasteiger partial charge in [0.2, 0.25) is 12.7 Å². The van der Waals surface area contributed by atoms with Gasteiger partial charge in [-0.05, 0) is 61.6 Å². The first kappa shape index (κ1) is 25.6. The molecule has 1 aromatic carbocycles. The number of Topliss-reactive ketones (excluding diaryl/α,β-unsaturated/α-hetero) is 1. The number of ether oxygens (including phenoxy) is 2. The van der Waals surface area contributed by atoms with Crippen LogP contribution >= 0.6 is 0 Å². The molecule has 2 aliphatic rings. The van der Waals surface area contributed by atoms with Crippen molar-refractivity contribution >= 4 is 17.6 Å². The lowest BCUT2D eigenvalue weighted by molar-refractivity contribution is -0.132. The fraction of sp³-hybridized carbons (Fsp3) is 0.414. The molecule has 2 N–H and O–H groups in total. The van der Waals surface area contributed by atoms with Crippen molar-refractivity contribution in [1.82, 2.24) is 9.47 Å². The summed E-state index contributed by atoms with van der Waals surface area (Å²) in [6.07, 6.45) is 7.51. The molecule has 1 saturated carbocycles. The lowest BCUT2D eigenvalue weighted by Crippen LogP contribution is -2.37. The zero-order valence-electron chi connectivity index (χ0n) is 21.6. The number of carbonyl (C=O) groups excluding carboxylic acids is 3. The van der Waals surface area contributed by atoms with Crippen molar-refractivity contribution in [2.75, 3.05) is 13.3 Å². The van der Waals surface area contributed by atoms with Crippen molar-refractivity contribution in [2.45, 2.75) is 58.5 Å². The topological polar surface area (TPSA) is 117 Å². The molecule has 1 aliphatic heterocycles. The van der Waals surface area contributed by atoms with Gasteiger partial charge in [-0.1, -0.05) is 25.3 Å². The minimum Gasteiger partial charge on any atom is -0.467 e. The summed E-state index contributed by atoms with van der Waals surface area (Å²) in [6.45, 7) is 2.31. The number of aromatic nitrogens is 1. The van der Waals surface area contributed by atoms with Crippen molar-refractivity contribution in [3.05, 3.63) is 70.9 Å². The summed E-state index contributed by atoms with van der Waals surface area (Å²) < 4.78 is 18.1. The molecule has 0 radical (unpaired) electrons. The number of benzene rings is 1. The Bertz CT molecular complexity index is 1320. The Hall–Kier alpha value is -4.01. The lowest BCUT2D eigenvalue weighted by Gasteiger charge is -2.27. The Balaban J connectivity index is 1.41. The number of fused-ring (bicyclic) bond motifs is 1. The van der Waals surface area contributed by atoms with Gasteiger partial charge >= 0.3 is 0 Å². The van der Waals surface area contributed by atoms with Gasteiger partial charge in [-0.15, -0.1) is 0 Å². The minimum absolute atomic E-state index is 0.0566. The molecular formula is C29H33N3O6. The average Bonchev–Trinajstić information content (AvgIpc) is 3.65. The van der Waals surface area contributed by atoms with Crippen LogP contribution in [0.3, 0.4) is 0 Å². The van der Waals surface area contributed by atoms with E-state index in [-0.39, 0.29) is 43.7 Å². The van der Waals surface area contributed by atoms with E-state index in [1.54, 1.807) is 34.8 Å². The van der Waals surface area contributed by atoms with Gasteiger partial charge in [0.25, 0.3) is 5.91 Å². The van der Waals surface area contributed by atoms with Crippen molar-refractivity contribution in [3.63, 3.8) is 0 Å². The lowest BCUT2D eigenvalue weighted by atomic mass is 9.86. The van der Waals surface area contributed by atoms with Crippen LogP contribution in [0.5, 0.6) is 11.5 Å². The number of hydrogen-bond acceptors (Lipinski definition) is 6. The summed E-state index contributed by atoms with van der Waals surface area (Å²) in [7, 11) is 0. The molecule has 1 fully saturated rings. The number of hydrogen-bond donors (Lipinski definition) is 1. The van der Waals surface area contributed by atoms with E-state index < -0.39 is 5.91 Å². The maximum absolute atomic E-state index is 13.7. The maximum atomic E-state index is 13.7. The van der Waals surface area contributed by atoms with E-state index in [1.165, 1.54) is 12.5 Å². The zero-order valence-corrected chi connectivity index (χ0v) is 21.6. The molecule has 5 rings (SSSR count). The van der Waals surface area contributed by atoms with Gasteiger partial charge < -0.3 is 29.1 Å². The second-order valence-electron chi connectivity index (χ2n) is 10.1. The maximum Gasteiger partial charge on any atom is 0.250 e. The largest absolute Gasteiger partial charge is 0.467 e. The van der Waals surface area contributed by atoms with Crippen LogP contribution in [0.4, 0.5) is 0 Å². The molecule has 1 aliphatic carbocycles. The molecule has 0 bridgehead atoms. The Morgan fingerprint density at radius 3 is 2.58 bits per heavy atom. The number of furan rings is 1. The molecule has 200 valence electrons. The van der Waals surface area contributed by atoms with Gasteiger partial charge in [-0.2, -0.15) is 0 Å². The van der Waals surface area contributed by atoms with Crippen LogP contribution in [-0.4, -0.2) is 40.4 Å². The van der Waals surface area contributed by atoms with Gasteiger partial charge in [-0.25, -0.2) is 0 Å². The molecule has 0 spiro atoms. The van der Waals surface area contributed by atoms with Gasteiger partial charge in [0.1, 0.15) is 5.76 Å². The summed E-state index contributed by atoms with van der Waals surface area (Å²) in [5.41, 5.74) is 7.61. The van der Waals surface area contributed by atoms with Crippen molar-refractivity contribution < 1.29 is 28.3 Å². The fourth-order valence-corrected chi connectivity index (χ4v) is 5.40. The number of nitrogens with zero attached hydrogens (tertiary/aromatic N) is 2. The Morgan fingerprint density at radius 1 is 1.05 bits per heavy atom. The molecule has 0 saturated heterocycles. The molecule has 3 heterocycles. The predicted molar refractivity (Wildman–Crippen MR) is 139 cm³/mol. The standard InChI is InChI=1S/C29H33N3O6/c1-19-23(29(30)35)14-24(32(19)16-22-8-5-11-36-22)25(33)17-31(28(34)13-20-6-3-2-4-7-20)15-21-9-10-26-27(12-21)38-18-37-26/h5,8-12,14,20H,2-4,6-7,13,15-18H2,1H3,(H2,30,35). The van der Waals surface area contributed by atoms with Gasteiger partial charge in [0, 0.05) is 18.7 Å². The summed E-state index contributed by atoms with van der Waals surface area (Å²) >= 11 is 0. The number of amides is 2. The van der Waals surface area contributed by atoms with Gasteiger partial charge in [0.05, 0.1) is 30.6 Å². The van der Waals surface area contributed by atoms with E-state index in [9.17, 15) is 14.4 Å². The Kier molecular flexibility index (Phi) is 7.53. The fourth-order valence-electron chi connectivity index (χ4n) is 5.40. The number of primary amides is 1. The predicted octanol–water partition coefficient (Wildman–Crippen LogP) is 4.45. The third-order valence-electron chi connectivity index (χ3n) is 7.50. The summed E-state index contributed by atoms with van der Waals surface area (Å²) in [4.78, 5) is 41.0. The highest BCUT2D eigenvalue weighted by molar-refractivity contribution is 6.02. The molecule has 2 aromatic heterocycles. The van der Waals surface area contributed by atoms with Crippen LogP contribution in [0.25, 0.3) is 0 Å². The van der Waals surface area contributed by atoms with E-state index in [0.29, 0.717) is 41.0 Å². The second kappa shape index (κ2) is 11.2. The third kappa shape index (κ3) is 5.61. The molecule has 0 unspecified atom stereocenters. The Labute approximate surface area is 221 Å². The molecule has 2 amide bonds. The van der Waals surface area contributed by atoms with Crippen LogP contribution in [0.2, 0.25) is 0 Å². The molecule has 38 heavy (non-hydrogen) atoms. The highest BCUT2D eigenvalue weighted by Gasteiger charge is 2.27. The van der Waals surface area contributed by atoms with Gasteiger partial charge in [-0.3, -0.25) is 14.4 Å². The normalized spacial score (nSPS) is 15.0. The average molecular weight is 520 g/mol. The minimum atomic E-state index is -0.611. The Morgan fingerprint density at radius 2 is 1.84 bits per heavy atom. The first-order valence-electron chi connectivity index (χ1n) is 13.1. The van der Waals surface area contributed by atoms with E-state index in [0.717, 1.165) is 31.2 Å². The molecular weight excluding hydrogens is 486 g/mol. The molecule has 3 aromatic rings.